The zero-order valence-corrected chi connectivity index (χ0v) is 19.1. The number of aliphatic hydroxyl groups is 1. The van der Waals surface area contributed by atoms with E-state index in [4.69, 9.17) is 0 Å². The first kappa shape index (κ1) is 22.9. The van der Waals surface area contributed by atoms with Gasteiger partial charge in [-0.15, -0.1) is 0 Å². The topological polar surface area (TPSA) is 95.4 Å². The van der Waals surface area contributed by atoms with E-state index >= 15 is 0 Å². The molecule has 7 nitrogen and oxygen atoms in total. The highest BCUT2D eigenvalue weighted by atomic mass is 16.3. The van der Waals surface area contributed by atoms with E-state index < -0.39 is 17.6 Å². The molecule has 1 fully saturated rings. The van der Waals surface area contributed by atoms with Crippen molar-refractivity contribution in [2.45, 2.75) is 44.2 Å². The second-order valence-corrected chi connectivity index (χ2v) is 9.12. The average Bonchev–Trinajstić information content (AvgIpc) is 3.57. The van der Waals surface area contributed by atoms with Crippen molar-refractivity contribution in [2.24, 2.45) is 5.92 Å². The van der Waals surface area contributed by atoms with Crippen LogP contribution in [-0.2, 0) is 22.4 Å². The van der Waals surface area contributed by atoms with Gasteiger partial charge in [-0.25, -0.2) is 4.98 Å². The maximum atomic E-state index is 13.0. The largest absolute Gasteiger partial charge is 0.383 e. The predicted molar refractivity (Wildman–Crippen MR) is 126 cm³/mol. The van der Waals surface area contributed by atoms with Crippen LogP contribution in [-0.4, -0.2) is 57.0 Å². The molecule has 3 aromatic rings. The van der Waals surface area contributed by atoms with Crippen molar-refractivity contribution in [3.8, 4) is 0 Å². The van der Waals surface area contributed by atoms with Crippen LogP contribution in [0.5, 0.6) is 0 Å². The Bertz CT molecular complexity index is 1130. The summed E-state index contributed by atoms with van der Waals surface area (Å²) < 4.78 is 0. The van der Waals surface area contributed by atoms with E-state index in [1.165, 1.54) is 0 Å². The number of nitrogens with one attached hydrogen (secondary N) is 1. The summed E-state index contributed by atoms with van der Waals surface area (Å²) in [5, 5.41) is 13.3. The number of aromatic nitrogens is 2. The van der Waals surface area contributed by atoms with E-state index in [0.717, 1.165) is 35.1 Å². The van der Waals surface area contributed by atoms with Gasteiger partial charge in [-0.2, -0.15) is 0 Å². The maximum Gasteiger partial charge on any atom is 0.249 e. The minimum atomic E-state index is -1.11. The maximum absolute atomic E-state index is 13.0. The van der Waals surface area contributed by atoms with Crippen molar-refractivity contribution < 1.29 is 14.7 Å². The van der Waals surface area contributed by atoms with Crippen LogP contribution >= 0.6 is 0 Å². The molecule has 1 aliphatic carbocycles. The Morgan fingerprint density at radius 1 is 1.06 bits per heavy atom. The molecular weight excluding hydrogens is 416 g/mol. The number of nitrogens with zero attached hydrogens (tertiary/aromatic N) is 3. The molecule has 2 N–H and O–H groups in total. The lowest BCUT2D eigenvalue weighted by Gasteiger charge is -2.28. The van der Waals surface area contributed by atoms with Gasteiger partial charge in [0.2, 0.25) is 11.8 Å². The van der Waals surface area contributed by atoms with Gasteiger partial charge in [-0.05, 0) is 30.5 Å². The summed E-state index contributed by atoms with van der Waals surface area (Å²) in [6.45, 7) is 2.31. The Labute approximate surface area is 193 Å². The van der Waals surface area contributed by atoms with Gasteiger partial charge >= 0.3 is 0 Å². The molecule has 1 aliphatic rings. The Hall–Kier alpha value is -3.32. The predicted octanol–water partition coefficient (Wildman–Crippen LogP) is 2.52. The molecule has 1 heterocycles. The third kappa shape index (κ3) is 5.73. The fraction of sp³-hybridized carbons (Fsp3) is 0.385. The molecule has 2 atom stereocenters. The van der Waals surface area contributed by atoms with Crippen molar-refractivity contribution in [3.63, 3.8) is 0 Å². The second-order valence-electron chi connectivity index (χ2n) is 9.12. The Morgan fingerprint density at radius 2 is 1.73 bits per heavy atom. The van der Waals surface area contributed by atoms with E-state index in [0.29, 0.717) is 13.0 Å². The lowest BCUT2D eigenvalue weighted by molar-refractivity contribution is -0.135. The minimum absolute atomic E-state index is 0.00434. The highest BCUT2D eigenvalue weighted by Gasteiger charge is 2.46. The highest BCUT2D eigenvalue weighted by molar-refractivity contribution is 5.82. The lowest BCUT2D eigenvalue weighted by atomic mass is 10.0. The molecule has 0 bridgehead atoms. The number of hydrogen-bond donors (Lipinski definition) is 2. The van der Waals surface area contributed by atoms with E-state index in [1.54, 1.807) is 18.1 Å². The molecule has 0 spiro atoms. The third-order valence-corrected chi connectivity index (χ3v) is 6.17. The van der Waals surface area contributed by atoms with Crippen LogP contribution in [0.4, 0.5) is 0 Å². The van der Waals surface area contributed by atoms with Crippen molar-refractivity contribution in [1.82, 2.24) is 20.2 Å². The van der Waals surface area contributed by atoms with E-state index in [9.17, 15) is 14.7 Å². The molecule has 33 heavy (non-hydrogen) atoms. The van der Waals surface area contributed by atoms with Crippen molar-refractivity contribution in [2.75, 3.05) is 13.6 Å². The van der Waals surface area contributed by atoms with Crippen LogP contribution in [0.2, 0.25) is 0 Å². The van der Waals surface area contributed by atoms with Crippen LogP contribution in [0.15, 0.2) is 60.8 Å². The molecule has 2 aromatic carbocycles. The SMILES string of the molecule is CC(Cc1cnc2ccccc2n1)C(=O)N(C)CC1(NC(=O)C(O)Cc2ccccc2)CC1. The number of aliphatic hydroxyl groups excluding tert-OH is 1. The molecule has 1 aromatic heterocycles. The molecule has 0 aliphatic heterocycles. The summed E-state index contributed by atoms with van der Waals surface area (Å²) in [5.74, 6) is -0.660. The van der Waals surface area contributed by atoms with Gasteiger partial charge in [0.1, 0.15) is 6.10 Å². The number of fused-ring (bicyclic) bond motifs is 1. The monoisotopic (exact) mass is 446 g/mol. The van der Waals surface area contributed by atoms with E-state index in [1.807, 2.05) is 61.5 Å². The summed E-state index contributed by atoms with van der Waals surface area (Å²) in [5.41, 5.74) is 2.88. The molecule has 2 unspecified atom stereocenters. The van der Waals surface area contributed by atoms with Crippen LogP contribution < -0.4 is 5.32 Å². The number of carbonyl (C=O) groups is 2. The van der Waals surface area contributed by atoms with Crippen LogP contribution in [0, 0.1) is 5.92 Å². The Balaban J connectivity index is 1.31. The van der Waals surface area contributed by atoms with Gasteiger partial charge in [-0.1, -0.05) is 49.4 Å². The first-order valence-electron chi connectivity index (χ1n) is 11.3. The summed E-state index contributed by atoms with van der Waals surface area (Å²) in [7, 11) is 1.76. The zero-order chi connectivity index (χ0) is 23.4. The molecule has 172 valence electrons. The minimum Gasteiger partial charge on any atom is -0.383 e. The molecular formula is C26H30N4O3. The molecule has 1 saturated carbocycles. The van der Waals surface area contributed by atoms with Gasteiger partial charge in [0.25, 0.3) is 0 Å². The smallest absolute Gasteiger partial charge is 0.249 e. The van der Waals surface area contributed by atoms with Crippen molar-refractivity contribution >= 4 is 22.8 Å². The molecule has 0 saturated heterocycles. The van der Waals surface area contributed by atoms with Crippen LogP contribution in [0.1, 0.15) is 31.0 Å². The normalized spacial score (nSPS) is 16.1. The fourth-order valence-corrected chi connectivity index (χ4v) is 4.15. The van der Waals surface area contributed by atoms with Crippen molar-refractivity contribution in [1.29, 1.82) is 0 Å². The van der Waals surface area contributed by atoms with E-state index in [-0.39, 0.29) is 18.2 Å². The number of benzene rings is 2. The number of carbonyl (C=O) groups excluding carboxylic acids is 2. The first-order valence-corrected chi connectivity index (χ1v) is 11.3. The van der Waals surface area contributed by atoms with Gasteiger partial charge in [0.15, 0.2) is 0 Å². The number of rotatable bonds is 9. The van der Waals surface area contributed by atoms with Gasteiger partial charge < -0.3 is 15.3 Å². The summed E-state index contributed by atoms with van der Waals surface area (Å²) in [6.07, 6.45) is 2.95. The third-order valence-electron chi connectivity index (χ3n) is 6.17. The Morgan fingerprint density at radius 3 is 2.42 bits per heavy atom. The first-order chi connectivity index (χ1) is 15.8. The zero-order valence-electron chi connectivity index (χ0n) is 19.1. The highest BCUT2D eigenvalue weighted by Crippen LogP contribution is 2.36. The van der Waals surface area contributed by atoms with E-state index in [2.05, 4.69) is 15.3 Å². The number of hydrogen-bond acceptors (Lipinski definition) is 5. The summed E-state index contributed by atoms with van der Waals surface area (Å²) >= 11 is 0. The van der Waals surface area contributed by atoms with Gasteiger partial charge in [0.05, 0.1) is 22.3 Å². The molecule has 0 radical (unpaired) electrons. The molecule has 2 amide bonds. The lowest BCUT2D eigenvalue weighted by Crippen LogP contribution is -2.50. The molecule has 7 heteroatoms. The molecule has 4 rings (SSSR count). The van der Waals surface area contributed by atoms with Gasteiger partial charge in [0, 0.05) is 38.5 Å². The van der Waals surface area contributed by atoms with Crippen molar-refractivity contribution in [3.05, 3.63) is 72.1 Å². The second kappa shape index (κ2) is 9.67. The average molecular weight is 447 g/mol. The van der Waals surface area contributed by atoms with Crippen LogP contribution in [0.3, 0.4) is 0 Å². The number of amides is 2. The summed E-state index contributed by atoms with van der Waals surface area (Å²) in [6, 6.07) is 17.1. The fourth-order valence-electron chi connectivity index (χ4n) is 4.15. The number of para-hydroxylation sites is 2. The Kier molecular flexibility index (Phi) is 6.70. The quantitative estimate of drug-likeness (QED) is 0.527. The van der Waals surface area contributed by atoms with Crippen LogP contribution in [0.25, 0.3) is 11.0 Å². The van der Waals surface area contributed by atoms with Gasteiger partial charge in [-0.3, -0.25) is 14.6 Å². The number of likely N-dealkylation sites (N-methyl/N-ethyl adjacent to an activating group) is 1. The summed E-state index contributed by atoms with van der Waals surface area (Å²) in [4.78, 5) is 36.3. The standard InChI is InChI=1S/C26H30N4O3/c1-18(14-20-16-27-21-10-6-7-11-22(21)28-20)25(33)30(2)17-26(12-13-26)29-24(32)23(31)15-19-8-4-3-5-9-19/h3-11,16,18,23,31H,12-15,17H2,1-2H3,(H,29,32).